The first-order valence-corrected chi connectivity index (χ1v) is 11.4. The van der Waals surface area contributed by atoms with Gasteiger partial charge in [-0.3, -0.25) is 4.79 Å². The van der Waals surface area contributed by atoms with Gasteiger partial charge in [0.1, 0.15) is 5.82 Å². The van der Waals surface area contributed by atoms with Crippen LogP contribution in [-0.2, 0) is 22.7 Å². The van der Waals surface area contributed by atoms with Gasteiger partial charge in [-0.25, -0.2) is 14.1 Å². The van der Waals surface area contributed by atoms with Crippen molar-refractivity contribution in [1.29, 1.82) is 0 Å². The van der Waals surface area contributed by atoms with Crippen molar-refractivity contribution in [2.45, 2.75) is 58.0 Å². The van der Waals surface area contributed by atoms with Crippen LogP contribution in [0.3, 0.4) is 0 Å². The summed E-state index contributed by atoms with van der Waals surface area (Å²) in [5, 5.41) is 33.7. The number of rotatable bonds is 8. The van der Waals surface area contributed by atoms with Gasteiger partial charge in [-0.15, -0.1) is 0 Å². The van der Waals surface area contributed by atoms with Gasteiger partial charge in [-0.05, 0) is 29.7 Å². The number of aliphatic carboxylic acids is 1. The standard InChI is InChI=1S/C26H28FN3O5/c1-15(2)25-21(8-7-19(31)11-20(32)12-23(33)34)24(16-3-5-17(27)6-4-16)22-14-35-13-18-9-10-28-30(18)26(22)29-25/h3-10,15,19-20,31-32H,11-14H2,1-2H3,(H,33,34)/t19-,20-/m1/s1. The quantitative estimate of drug-likeness (QED) is 0.448. The topological polar surface area (TPSA) is 118 Å². The second-order valence-electron chi connectivity index (χ2n) is 8.89. The van der Waals surface area contributed by atoms with Crippen molar-refractivity contribution < 1.29 is 29.2 Å². The Labute approximate surface area is 202 Å². The van der Waals surface area contributed by atoms with E-state index >= 15 is 0 Å². The molecule has 3 N–H and O–H groups in total. The third-order valence-corrected chi connectivity index (χ3v) is 5.85. The predicted molar refractivity (Wildman–Crippen MR) is 127 cm³/mol. The minimum Gasteiger partial charge on any atom is -0.481 e. The van der Waals surface area contributed by atoms with Crippen LogP contribution in [0.15, 0.2) is 42.6 Å². The molecule has 2 aromatic heterocycles. The number of aromatic nitrogens is 3. The fourth-order valence-electron chi connectivity index (χ4n) is 4.25. The number of nitrogens with zero attached hydrogens (tertiary/aromatic N) is 3. The maximum atomic E-state index is 13.8. The number of carboxylic acid groups (broad SMARTS) is 1. The van der Waals surface area contributed by atoms with Crippen LogP contribution in [0.1, 0.15) is 55.1 Å². The van der Waals surface area contributed by atoms with E-state index in [9.17, 15) is 19.4 Å². The average molecular weight is 482 g/mol. The molecule has 2 atom stereocenters. The summed E-state index contributed by atoms with van der Waals surface area (Å²) < 4.78 is 21.5. The zero-order chi connectivity index (χ0) is 25.1. The van der Waals surface area contributed by atoms with Crippen molar-refractivity contribution in [3.8, 4) is 16.9 Å². The minimum atomic E-state index is -1.18. The predicted octanol–water partition coefficient (Wildman–Crippen LogP) is 3.83. The fourth-order valence-corrected chi connectivity index (χ4v) is 4.25. The maximum Gasteiger partial charge on any atom is 0.305 e. The number of benzene rings is 1. The molecule has 1 aromatic carbocycles. The second-order valence-corrected chi connectivity index (χ2v) is 8.89. The molecule has 1 aliphatic rings. The fraction of sp³-hybridized carbons (Fsp3) is 0.346. The molecule has 8 nitrogen and oxygen atoms in total. The van der Waals surface area contributed by atoms with Gasteiger partial charge in [0, 0.05) is 29.3 Å². The molecule has 0 unspecified atom stereocenters. The van der Waals surface area contributed by atoms with E-state index in [-0.39, 0.29) is 24.8 Å². The summed E-state index contributed by atoms with van der Waals surface area (Å²) in [6, 6.07) is 8.02. The summed E-state index contributed by atoms with van der Waals surface area (Å²) in [6.45, 7) is 4.63. The van der Waals surface area contributed by atoms with Crippen LogP contribution in [0.4, 0.5) is 4.39 Å². The number of fused-ring (bicyclic) bond motifs is 3. The molecule has 35 heavy (non-hydrogen) atoms. The molecule has 0 saturated heterocycles. The molecule has 0 bridgehead atoms. The molecule has 184 valence electrons. The van der Waals surface area contributed by atoms with Crippen LogP contribution in [0, 0.1) is 5.82 Å². The highest BCUT2D eigenvalue weighted by molar-refractivity contribution is 5.81. The Morgan fingerprint density at radius 2 is 1.94 bits per heavy atom. The van der Waals surface area contributed by atoms with Crippen LogP contribution in [-0.4, -0.2) is 48.3 Å². The van der Waals surface area contributed by atoms with Crippen LogP contribution < -0.4 is 0 Å². The van der Waals surface area contributed by atoms with Crippen LogP contribution in [0.5, 0.6) is 0 Å². The van der Waals surface area contributed by atoms with Crippen LogP contribution in [0.2, 0.25) is 0 Å². The normalized spacial score (nSPS) is 15.0. The van der Waals surface area contributed by atoms with Gasteiger partial charge >= 0.3 is 5.97 Å². The molecule has 0 fully saturated rings. The van der Waals surface area contributed by atoms with E-state index in [0.29, 0.717) is 12.4 Å². The van der Waals surface area contributed by atoms with Crippen molar-refractivity contribution in [2.75, 3.05) is 0 Å². The van der Waals surface area contributed by atoms with E-state index in [1.54, 1.807) is 29.1 Å². The number of pyridine rings is 1. The Bertz CT molecular complexity index is 1240. The third-order valence-electron chi connectivity index (χ3n) is 5.85. The molecule has 1 aliphatic heterocycles. The van der Waals surface area contributed by atoms with Gasteiger partial charge < -0.3 is 20.1 Å². The average Bonchev–Trinajstić information content (AvgIpc) is 3.18. The molecular weight excluding hydrogens is 453 g/mol. The van der Waals surface area contributed by atoms with E-state index in [0.717, 1.165) is 33.6 Å². The summed E-state index contributed by atoms with van der Waals surface area (Å²) in [5.74, 6) is -0.858. The lowest BCUT2D eigenvalue weighted by molar-refractivity contribution is -0.139. The number of aliphatic hydroxyl groups is 2. The molecule has 3 heterocycles. The van der Waals surface area contributed by atoms with Gasteiger partial charge in [0.25, 0.3) is 0 Å². The number of carbonyl (C=O) groups is 1. The van der Waals surface area contributed by atoms with E-state index in [4.69, 9.17) is 14.8 Å². The Morgan fingerprint density at radius 3 is 2.63 bits per heavy atom. The summed E-state index contributed by atoms with van der Waals surface area (Å²) in [6.07, 6.45) is 2.12. The maximum absolute atomic E-state index is 13.8. The second kappa shape index (κ2) is 10.5. The van der Waals surface area contributed by atoms with Gasteiger partial charge in [-0.2, -0.15) is 5.10 Å². The molecule has 0 radical (unpaired) electrons. The van der Waals surface area contributed by atoms with Crippen molar-refractivity contribution in [3.05, 3.63) is 70.9 Å². The Balaban J connectivity index is 1.87. The third kappa shape index (κ3) is 5.48. The first kappa shape index (κ1) is 24.7. The molecule has 0 saturated carbocycles. The monoisotopic (exact) mass is 481 g/mol. The molecular formula is C26H28FN3O5. The summed E-state index contributed by atoms with van der Waals surface area (Å²) in [7, 11) is 0. The number of hydrogen-bond donors (Lipinski definition) is 3. The highest BCUT2D eigenvalue weighted by atomic mass is 19.1. The minimum absolute atomic E-state index is 0.00271. The highest BCUT2D eigenvalue weighted by Gasteiger charge is 2.26. The van der Waals surface area contributed by atoms with E-state index in [1.165, 1.54) is 18.2 Å². The van der Waals surface area contributed by atoms with Crippen LogP contribution in [0.25, 0.3) is 23.0 Å². The summed E-state index contributed by atoms with van der Waals surface area (Å²) >= 11 is 0. The first-order chi connectivity index (χ1) is 16.7. The lowest BCUT2D eigenvalue weighted by Gasteiger charge is -2.21. The van der Waals surface area contributed by atoms with Crippen molar-refractivity contribution in [2.24, 2.45) is 0 Å². The molecule has 4 rings (SSSR count). The Kier molecular flexibility index (Phi) is 7.39. The first-order valence-electron chi connectivity index (χ1n) is 11.4. The SMILES string of the molecule is CC(C)c1nc2c(c(-c3ccc(F)cc3)c1C=C[C@@H](O)C[C@@H](O)CC(=O)O)COCc1ccnn1-2. The summed E-state index contributed by atoms with van der Waals surface area (Å²) in [5.41, 5.74) is 4.67. The van der Waals surface area contributed by atoms with Gasteiger partial charge in [0.15, 0.2) is 5.82 Å². The number of carboxylic acids is 1. The molecule has 3 aromatic rings. The zero-order valence-electron chi connectivity index (χ0n) is 19.6. The lowest BCUT2D eigenvalue weighted by atomic mass is 9.90. The van der Waals surface area contributed by atoms with Crippen molar-refractivity contribution in [1.82, 2.24) is 14.8 Å². The molecule has 0 spiro atoms. The highest BCUT2D eigenvalue weighted by Crippen LogP contribution is 2.38. The molecule has 0 amide bonds. The van der Waals surface area contributed by atoms with Gasteiger partial charge in [0.05, 0.1) is 43.2 Å². The van der Waals surface area contributed by atoms with E-state index in [1.807, 2.05) is 19.9 Å². The number of ether oxygens (including phenoxy) is 1. The van der Waals surface area contributed by atoms with E-state index < -0.39 is 24.6 Å². The van der Waals surface area contributed by atoms with Crippen LogP contribution >= 0.6 is 0 Å². The van der Waals surface area contributed by atoms with Gasteiger partial charge in [-0.1, -0.05) is 38.1 Å². The smallest absolute Gasteiger partial charge is 0.305 e. The Hall–Kier alpha value is -3.40. The largest absolute Gasteiger partial charge is 0.481 e. The summed E-state index contributed by atoms with van der Waals surface area (Å²) in [4.78, 5) is 15.8. The number of hydrogen-bond acceptors (Lipinski definition) is 6. The lowest BCUT2D eigenvalue weighted by Crippen LogP contribution is -2.19. The molecule has 0 aliphatic carbocycles. The Morgan fingerprint density at radius 1 is 1.20 bits per heavy atom. The number of aliphatic hydroxyl groups excluding tert-OH is 2. The van der Waals surface area contributed by atoms with Gasteiger partial charge in [0.2, 0.25) is 0 Å². The van der Waals surface area contributed by atoms with E-state index in [2.05, 4.69) is 5.10 Å². The molecule has 9 heteroatoms. The van der Waals surface area contributed by atoms with Crippen molar-refractivity contribution >= 4 is 12.0 Å². The zero-order valence-corrected chi connectivity index (χ0v) is 19.6. The number of halogens is 1. The van der Waals surface area contributed by atoms with Crippen molar-refractivity contribution in [3.63, 3.8) is 0 Å².